The molecule has 0 saturated heterocycles. The molecule has 0 heterocycles. The molecule has 0 radical (unpaired) electrons. The average molecular weight is 345 g/mol. The zero-order valence-electron chi connectivity index (χ0n) is 14.4. The molecule has 0 rings (SSSR count). The number of amides is 1. The number of aliphatic hydroxyl groups excluding tert-OH is 1. The molecule has 0 spiro atoms. The maximum absolute atomic E-state index is 11.8. The molecule has 0 saturated carbocycles. The monoisotopic (exact) mass is 345 g/mol. The van der Waals surface area contributed by atoms with E-state index in [1.54, 1.807) is 0 Å². The Balaban J connectivity index is 3.86. The molecular formula is C16H27NO7. The Morgan fingerprint density at radius 2 is 1.79 bits per heavy atom. The van der Waals surface area contributed by atoms with Gasteiger partial charge in [-0.1, -0.05) is 27.4 Å². The van der Waals surface area contributed by atoms with Crippen molar-refractivity contribution in [1.82, 2.24) is 5.32 Å². The largest absolute Gasteiger partial charge is 0.463 e. The van der Waals surface area contributed by atoms with Crippen LogP contribution in [-0.4, -0.2) is 55.6 Å². The normalized spacial score (nSPS) is 12.9. The fourth-order valence-corrected chi connectivity index (χ4v) is 1.83. The number of hydrogen-bond donors (Lipinski definition) is 2. The third kappa shape index (κ3) is 9.83. The maximum Gasteiger partial charge on any atom is 0.407 e. The van der Waals surface area contributed by atoms with E-state index in [9.17, 15) is 19.5 Å². The van der Waals surface area contributed by atoms with Crippen molar-refractivity contribution >= 4 is 18.0 Å². The average Bonchev–Trinajstić information content (AvgIpc) is 2.54. The molecule has 0 aromatic heterocycles. The summed E-state index contributed by atoms with van der Waals surface area (Å²) >= 11 is 0. The first-order valence-corrected chi connectivity index (χ1v) is 7.86. The van der Waals surface area contributed by atoms with Crippen LogP contribution in [-0.2, 0) is 23.8 Å². The van der Waals surface area contributed by atoms with E-state index in [4.69, 9.17) is 9.47 Å². The van der Waals surface area contributed by atoms with Crippen molar-refractivity contribution in [1.29, 1.82) is 0 Å². The molecule has 0 aliphatic heterocycles. The van der Waals surface area contributed by atoms with Gasteiger partial charge < -0.3 is 24.6 Å². The lowest BCUT2D eigenvalue weighted by atomic mass is 9.93. The molecule has 0 aromatic carbocycles. The highest BCUT2D eigenvalue weighted by atomic mass is 16.6. The summed E-state index contributed by atoms with van der Waals surface area (Å²) < 4.78 is 14.4. The fraction of sp³-hybridized carbons (Fsp3) is 0.688. The first-order valence-electron chi connectivity index (χ1n) is 7.86. The van der Waals surface area contributed by atoms with Crippen molar-refractivity contribution in [2.24, 2.45) is 11.8 Å². The lowest BCUT2D eigenvalue weighted by Gasteiger charge is -2.19. The van der Waals surface area contributed by atoms with Crippen molar-refractivity contribution in [3.8, 4) is 0 Å². The number of aliphatic hydroxyl groups is 1. The van der Waals surface area contributed by atoms with Crippen LogP contribution in [0.1, 0.15) is 27.2 Å². The second-order valence-corrected chi connectivity index (χ2v) is 5.44. The van der Waals surface area contributed by atoms with Crippen LogP contribution in [0.15, 0.2) is 12.7 Å². The van der Waals surface area contributed by atoms with Crippen LogP contribution in [0.3, 0.4) is 0 Å². The summed E-state index contributed by atoms with van der Waals surface area (Å²) in [5, 5.41) is 12.0. The molecule has 2 N–H and O–H groups in total. The first kappa shape index (κ1) is 21.9. The molecule has 1 amide bonds. The smallest absolute Gasteiger partial charge is 0.407 e. The fourth-order valence-electron chi connectivity index (χ4n) is 1.83. The highest BCUT2D eigenvalue weighted by Crippen LogP contribution is 2.16. The van der Waals surface area contributed by atoms with Gasteiger partial charge in [0, 0.05) is 6.08 Å². The molecule has 0 fully saturated rings. The third-order valence-corrected chi connectivity index (χ3v) is 3.15. The summed E-state index contributed by atoms with van der Waals surface area (Å²) in [6, 6.07) is 0. The quantitative estimate of drug-likeness (QED) is 0.249. The van der Waals surface area contributed by atoms with Gasteiger partial charge in [0.2, 0.25) is 0 Å². The molecule has 8 heteroatoms. The number of carbonyl (C=O) groups excluding carboxylic acids is 3. The zero-order chi connectivity index (χ0) is 18.5. The predicted molar refractivity (Wildman–Crippen MR) is 86.1 cm³/mol. The van der Waals surface area contributed by atoms with Gasteiger partial charge in [-0.2, -0.15) is 0 Å². The lowest BCUT2D eigenvalue weighted by molar-refractivity contribution is -0.154. The molecule has 0 aliphatic rings. The number of nitrogens with one attached hydrogen (secondary N) is 1. The number of alkyl carbamates (subject to hydrolysis) is 1. The molecule has 2 atom stereocenters. The summed E-state index contributed by atoms with van der Waals surface area (Å²) in [7, 11) is 0. The van der Waals surface area contributed by atoms with Gasteiger partial charge in [0.1, 0.15) is 25.9 Å². The van der Waals surface area contributed by atoms with Crippen molar-refractivity contribution in [3.63, 3.8) is 0 Å². The zero-order valence-corrected chi connectivity index (χ0v) is 14.4. The minimum absolute atomic E-state index is 0.0201. The van der Waals surface area contributed by atoms with Crippen molar-refractivity contribution < 1.29 is 33.7 Å². The highest BCUT2D eigenvalue weighted by molar-refractivity contribution is 5.81. The van der Waals surface area contributed by atoms with E-state index in [1.807, 2.05) is 20.8 Å². The number of ether oxygens (including phenoxy) is 3. The third-order valence-electron chi connectivity index (χ3n) is 3.15. The Hall–Kier alpha value is -2.09. The molecule has 8 nitrogen and oxygen atoms in total. The van der Waals surface area contributed by atoms with Crippen LogP contribution in [0.4, 0.5) is 4.79 Å². The number of esters is 2. The summed E-state index contributed by atoms with van der Waals surface area (Å²) in [6.07, 6.45) is -0.216. The minimum Gasteiger partial charge on any atom is -0.463 e. The Bertz CT molecular complexity index is 423. The van der Waals surface area contributed by atoms with Gasteiger partial charge in [0.05, 0.1) is 12.5 Å². The van der Waals surface area contributed by atoms with Crippen LogP contribution in [0.25, 0.3) is 0 Å². The first-order chi connectivity index (χ1) is 11.3. The summed E-state index contributed by atoms with van der Waals surface area (Å²) in [5.41, 5.74) is 0. The standard InChI is InChI=1S/C16H27NO7/c1-5-13(11(3)4)15(20)23-9-12(18)10-24-16(21)17-7-8-22-14(19)6-2/h6,11-13,18H,2,5,7-10H2,1,3-4H3,(H,17,21). The minimum atomic E-state index is -1.11. The van der Waals surface area contributed by atoms with Gasteiger partial charge in [-0.25, -0.2) is 9.59 Å². The van der Waals surface area contributed by atoms with Crippen LogP contribution >= 0.6 is 0 Å². The van der Waals surface area contributed by atoms with Crippen molar-refractivity contribution in [2.75, 3.05) is 26.4 Å². The van der Waals surface area contributed by atoms with E-state index < -0.39 is 18.2 Å². The summed E-state index contributed by atoms with van der Waals surface area (Å²) in [4.78, 5) is 33.9. The van der Waals surface area contributed by atoms with E-state index in [1.165, 1.54) is 0 Å². The molecule has 24 heavy (non-hydrogen) atoms. The van der Waals surface area contributed by atoms with E-state index in [0.29, 0.717) is 6.42 Å². The lowest BCUT2D eigenvalue weighted by Crippen LogP contribution is -2.33. The predicted octanol–water partition coefficient (Wildman–Crippen LogP) is 1.03. The van der Waals surface area contributed by atoms with Gasteiger partial charge in [0.25, 0.3) is 0 Å². The molecule has 0 aromatic rings. The van der Waals surface area contributed by atoms with Gasteiger partial charge in [-0.3, -0.25) is 4.79 Å². The van der Waals surface area contributed by atoms with E-state index >= 15 is 0 Å². The van der Waals surface area contributed by atoms with E-state index in [2.05, 4.69) is 16.6 Å². The Morgan fingerprint density at radius 1 is 1.17 bits per heavy atom. The Kier molecular flexibility index (Phi) is 11.3. The second kappa shape index (κ2) is 12.3. The van der Waals surface area contributed by atoms with Crippen molar-refractivity contribution in [3.05, 3.63) is 12.7 Å². The number of rotatable bonds is 11. The molecule has 0 aliphatic carbocycles. The number of hydrogen-bond acceptors (Lipinski definition) is 7. The summed E-state index contributed by atoms with van der Waals surface area (Å²) in [6.45, 7) is 8.45. The van der Waals surface area contributed by atoms with Crippen LogP contribution in [0.2, 0.25) is 0 Å². The van der Waals surface area contributed by atoms with Crippen LogP contribution in [0.5, 0.6) is 0 Å². The van der Waals surface area contributed by atoms with Crippen molar-refractivity contribution in [2.45, 2.75) is 33.3 Å². The Morgan fingerprint density at radius 3 is 2.33 bits per heavy atom. The van der Waals surface area contributed by atoms with Crippen LogP contribution in [0, 0.1) is 11.8 Å². The van der Waals surface area contributed by atoms with Gasteiger partial charge >= 0.3 is 18.0 Å². The molecular weight excluding hydrogens is 318 g/mol. The molecule has 0 bridgehead atoms. The Labute approximate surface area is 142 Å². The van der Waals surface area contributed by atoms with Crippen LogP contribution < -0.4 is 5.32 Å². The van der Waals surface area contributed by atoms with E-state index in [0.717, 1.165) is 6.08 Å². The summed E-state index contributed by atoms with van der Waals surface area (Å²) in [5.74, 6) is -1.04. The molecule has 138 valence electrons. The van der Waals surface area contributed by atoms with Gasteiger partial charge in [0.15, 0.2) is 0 Å². The van der Waals surface area contributed by atoms with E-state index in [-0.39, 0.29) is 44.2 Å². The van der Waals surface area contributed by atoms with Gasteiger partial charge in [-0.15, -0.1) is 0 Å². The SMILES string of the molecule is C=CC(=O)OCCNC(=O)OCC(O)COC(=O)C(CC)C(C)C. The highest BCUT2D eigenvalue weighted by Gasteiger charge is 2.22. The maximum atomic E-state index is 11.8. The molecule has 2 unspecified atom stereocenters. The topological polar surface area (TPSA) is 111 Å². The number of carbonyl (C=O) groups is 3. The van der Waals surface area contributed by atoms with Gasteiger partial charge in [-0.05, 0) is 12.3 Å². The second-order valence-electron chi connectivity index (χ2n) is 5.44.